The first-order chi connectivity index (χ1) is 12.8. The molecular formula is C17H11N5O2S2. The Kier molecular flexibility index (Phi) is 3.68. The molecule has 9 heteroatoms. The molecule has 0 aliphatic carbocycles. The average molecular weight is 381 g/mol. The van der Waals surface area contributed by atoms with E-state index in [-0.39, 0.29) is 11.7 Å². The Hall–Kier alpha value is -2.78. The van der Waals surface area contributed by atoms with Crippen LogP contribution in [-0.4, -0.2) is 31.5 Å². The largest absolute Gasteiger partial charge is 0.396 e. The molecule has 0 saturated heterocycles. The fourth-order valence-electron chi connectivity index (χ4n) is 2.76. The van der Waals surface area contributed by atoms with Gasteiger partial charge in [-0.1, -0.05) is 52.9 Å². The summed E-state index contributed by atoms with van der Waals surface area (Å²) >= 11 is 2.91. The van der Waals surface area contributed by atoms with Gasteiger partial charge in [-0.3, -0.25) is 9.69 Å². The number of fused-ring (bicyclic) bond motifs is 3. The molecule has 2 aromatic carbocycles. The number of hydrogen-bond donors (Lipinski definition) is 0. The van der Waals surface area contributed by atoms with E-state index in [1.54, 1.807) is 16.7 Å². The molecule has 1 aliphatic heterocycles. The van der Waals surface area contributed by atoms with Gasteiger partial charge in [0.2, 0.25) is 5.91 Å². The van der Waals surface area contributed by atoms with Gasteiger partial charge in [-0.2, -0.15) is 4.52 Å². The number of nitrogens with zero attached hydrogens (tertiary/aromatic N) is 5. The second-order valence-electron chi connectivity index (χ2n) is 5.48. The summed E-state index contributed by atoms with van der Waals surface area (Å²) in [5, 5.41) is 12.1. The molecule has 3 heterocycles. The number of aromatic nitrogens is 4. The Bertz CT molecular complexity index is 1050. The Morgan fingerprint density at radius 1 is 1.08 bits per heavy atom. The topological polar surface area (TPSA) is 76.5 Å². The predicted molar refractivity (Wildman–Crippen MR) is 97.9 cm³/mol. The summed E-state index contributed by atoms with van der Waals surface area (Å²) in [5.74, 6) is 0.471. The van der Waals surface area contributed by atoms with Gasteiger partial charge in [0.25, 0.3) is 5.22 Å². The van der Waals surface area contributed by atoms with Crippen molar-refractivity contribution in [3.8, 4) is 0 Å². The van der Waals surface area contributed by atoms with Crippen LogP contribution in [0.15, 0.2) is 74.3 Å². The molecular weight excluding hydrogens is 370 g/mol. The highest BCUT2D eigenvalue weighted by Gasteiger charge is 2.28. The zero-order valence-corrected chi connectivity index (χ0v) is 14.9. The first-order valence-electron chi connectivity index (χ1n) is 7.78. The van der Waals surface area contributed by atoms with Crippen molar-refractivity contribution >= 4 is 46.6 Å². The molecule has 26 heavy (non-hydrogen) atoms. The van der Waals surface area contributed by atoms with Gasteiger partial charge in [0.05, 0.1) is 17.1 Å². The summed E-state index contributed by atoms with van der Waals surface area (Å²) in [7, 11) is 0. The van der Waals surface area contributed by atoms with Crippen molar-refractivity contribution in [1.82, 2.24) is 19.8 Å². The molecule has 2 aromatic heterocycles. The Labute approximate surface area is 156 Å². The molecule has 0 radical (unpaired) electrons. The number of para-hydroxylation sites is 2. The second-order valence-corrected chi connectivity index (χ2v) is 7.49. The van der Waals surface area contributed by atoms with E-state index >= 15 is 0 Å². The molecule has 0 fully saturated rings. The van der Waals surface area contributed by atoms with E-state index in [9.17, 15) is 4.79 Å². The molecule has 128 valence electrons. The highest BCUT2D eigenvalue weighted by molar-refractivity contribution is 8.00. The molecule has 0 spiro atoms. The Morgan fingerprint density at radius 2 is 1.77 bits per heavy atom. The molecule has 5 rings (SSSR count). The minimum Gasteiger partial charge on any atom is -0.396 e. The van der Waals surface area contributed by atoms with Gasteiger partial charge in [-0.15, -0.1) is 10.2 Å². The van der Waals surface area contributed by atoms with Crippen molar-refractivity contribution in [2.75, 3.05) is 10.7 Å². The minimum atomic E-state index is -0.0378. The number of carbonyl (C=O) groups is 1. The number of thioether (sulfide) groups is 1. The van der Waals surface area contributed by atoms with Crippen molar-refractivity contribution in [2.24, 2.45) is 0 Å². The predicted octanol–water partition coefficient (Wildman–Crippen LogP) is 3.64. The lowest BCUT2D eigenvalue weighted by molar-refractivity contribution is -0.115. The summed E-state index contributed by atoms with van der Waals surface area (Å²) in [6, 6.07) is 15.8. The Morgan fingerprint density at radius 3 is 2.46 bits per heavy atom. The van der Waals surface area contributed by atoms with E-state index < -0.39 is 0 Å². The van der Waals surface area contributed by atoms with Gasteiger partial charge in [0.1, 0.15) is 6.33 Å². The first-order valence-corrected chi connectivity index (χ1v) is 9.58. The quantitative estimate of drug-likeness (QED) is 0.501. The summed E-state index contributed by atoms with van der Waals surface area (Å²) < 4.78 is 6.89. The van der Waals surface area contributed by atoms with E-state index in [4.69, 9.17) is 4.42 Å². The van der Waals surface area contributed by atoms with Gasteiger partial charge < -0.3 is 4.42 Å². The van der Waals surface area contributed by atoms with Crippen LogP contribution in [0.2, 0.25) is 0 Å². The molecule has 7 nitrogen and oxygen atoms in total. The van der Waals surface area contributed by atoms with Crippen LogP contribution in [0.4, 0.5) is 11.4 Å². The molecule has 0 bridgehead atoms. The SMILES string of the molecule is O=C(CSc1nn2cnnc2o1)N1c2ccccc2Sc2ccccc21. The lowest BCUT2D eigenvalue weighted by Gasteiger charge is -2.30. The number of carbonyl (C=O) groups excluding carboxylic acids is 1. The molecule has 0 saturated carbocycles. The van der Waals surface area contributed by atoms with Crippen LogP contribution >= 0.6 is 23.5 Å². The fourth-order valence-corrected chi connectivity index (χ4v) is 4.47. The third-order valence-electron chi connectivity index (χ3n) is 3.87. The van der Waals surface area contributed by atoms with E-state index in [2.05, 4.69) is 15.3 Å². The second kappa shape index (κ2) is 6.19. The molecule has 0 unspecified atom stereocenters. The molecule has 0 atom stereocenters. The van der Waals surface area contributed by atoms with Crippen molar-refractivity contribution < 1.29 is 9.21 Å². The summed E-state index contributed by atoms with van der Waals surface area (Å²) in [6.45, 7) is 0. The number of benzene rings is 2. The maximum absolute atomic E-state index is 13.0. The molecule has 4 aromatic rings. The van der Waals surface area contributed by atoms with Crippen LogP contribution in [0.1, 0.15) is 0 Å². The van der Waals surface area contributed by atoms with Crippen LogP contribution in [0, 0.1) is 0 Å². The first kappa shape index (κ1) is 15.5. The third kappa shape index (κ3) is 2.56. The maximum atomic E-state index is 13.0. The van der Waals surface area contributed by atoms with Gasteiger partial charge >= 0.3 is 5.84 Å². The third-order valence-corrected chi connectivity index (χ3v) is 5.80. The fraction of sp³-hybridized carbons (Fsp3) is 0.0588. The van der Waals surface area contributed by atoms with Crippen LogP contribution in [-0.2, 0) is 4.79 Å². The van der Waals surface area contributed by atoms with Crippen molar-refractivity contribution in [2.45, 2.75) is 15.0 Å². The van der Waals surface area contributed by atoms with Crippen molar-refractivity contribution in [3.63, 3.8) is 0 Å². The number of amides is 1. The van der Waals surface area contributed by atoms with E-state index in [1.807, 2.05) is 48.5 Å². The summed E-state index contributed by atoms with van der Waals surface area (Å²) in [5.41, 5.74) is 1.79. The zero-order chi connectivity index (χ0) is 17.5. The van der Waals surface area contributed by atoms with E-state index in [0.717, 1.165) is 21.2 Å². The standard InChI is InChI=1S/C17H11N5O2S2/c23-15(9-25-17-20-21-10-18-19-16(21)24-17)22-11-5-1-3-7-13(11)26-14-8-4-2-6-12(14)22/h1-8,10H,9H2. The van der Waals surface area contributed by atoms with Crippen LogP contribution < -0.4 is 4.90 Å². The molecule has 1 aliphatic rings. The van der Waals surface area contributed by atoms with Gasteiger partial charge in [0, 0.05) is 9.79 Å². The minimum absolute atomic E-state index is 0.0378. The van der Waals surface area contributed by atoms with E-state index in [1.165, 1.54) is 22.6 Å². The monoisotopic (exact) mass is 381 g/mol. The molecule has 0 N–H and O–H groups in total. The summed E-state index contributed by atoms with van der Waals surface area (Å²) in [6.07, 6.45) is 1.46. The lowest BCUT2D eigenvalue weighted by Crippen LogP contribution is -2.29. The normalized spacial score (nSPS) is 12.8. The van der Waals surface area contributed by atoms with Gasteiger partial charge in [-0.25, -0.2) is 0 Å². The average Bonchev–Trinajstić information content (AvgIpc) is 3.26. The Balaban J connectivity index is 1.45. The maximum Gasteiger partial charge on any atom is 0.345 e. The van der Waals surface area contributed by atoms with Crippen molar-refractivity contribution in [3.05, 3.63) is 54.9 Å². The van der Waals surface area contributed by atoms with Crippen LogP contribution in [0.3, 0.4) is 0 Å². The lowest BCUT2D eigenvalue weighted by atomic mass is 10.2. The van der Waals surface area contributed by atoms with Gasteiger partial charge in [0.15, 0.2) is 0 Å². The highest BCUT2D eigenvalue weighted by atomic mass is 32.2. The highest BCUT2D eigenvalue weighted by Crippen LogP contribution is 2.48. The smallest absolute Gasteiger partial charge is 0.345 e. The van der Waals surface area contributed by atoms with Gasteiger partial charge in [-0.05, 0) is 24.3 Å². The van der Waals surface area contributed by atoms with Crippen molar-refractivity contribution in [1.29, 1.82) is 0 Å². The zero-order valence-electron chi connectivity index (χ0n) is 13.3. The van der Waals surface area contributed by atoms with E-state index in [0.29, 0.717) is 11.1 Å². The number of anilines is 2. The number of hydrogen-bond acceptors (Lipinski definition) is 7. The number of rotatable bonds is 3. The summed E-state index contributed by atoms with van der Waals surface area (Å²) in [4.78, 5) is 16.9. The van der Waals surface area contributed by atoms with Crippen LogP contribution in [0.25, 0.3) is 5.84 Å². The van der Waals surface area contributed by atoms with Crippen LogP contribution in [0.5, 0.6) is 0 Å². The molecule has 1 amide bonds.